The summed E-state index contributed by atoms with van der Waals surface area (Å²) in [4.78, 5) is 25.0. The van der Waals surface area contributed by atoms with Crippen LogP contribution in [0.3, 0.4) is 0 Å². The van der Waals surface area contributed by atoms with E-state index in [-0.39, 0.29) is 43.4 Å². The number of esters is 1. The van der Waals surface area contributed by atoms with E-state index < -0.39 is 11.4 Å². The summed E-state index contributed by atoms with van der Waals surface area (Å²) in [7, 11) is 0. The first-order chi connectivity index (χ1) is 24.5. The van der Waals surface area contributed by atoms with E-state index in [9.17, 15) is 9.59 Å². The van der Waals surface area contributed by atoms with Crippen LogP contribution in [0.4, 0.5) is 4.39 Å². The van der Waals surface area contributed by atoms with Gasteiger partial charge in [-0.15, -0.1) is 0 Å². The van der Waals surface area contributed by atoms with Crippen molar-refractivity contribution in [2.45, 2.75) is 117 Å². The summed E-state index contributed by atoms with van der Waals surface area (Å²) in [6.45, 7) is 14.1. The zero-order valence-electron chi connectivity index (χ0n) is 31.6. The molecule has 1 aliphatic rings. The predicted molar refractivity (Wildman–Crippen MR) is 207 cm³/mol. The molecule has 0 bridgehead atoms. The quantitative estimate of drug-likeness (QED) is 0.0600. The zero-order chi connectivity index (χ0) is 37.4. The Morgan fingerprint density at radius 3 is 2.06 bits per heavy atom. The molecule has 51 heavy (non-hydrogen) atoms. The summed E-state index contributed by atoms with van der Waals surface area (Å²) >= 11 is 0. The van der Waals surface area contributed by atoms with Crippen molar-refractivity contribution in [2.75, 3.05) is 32.8 Å². The van der Waals surface area contributed by atoms with Crippen LogP contribution in [0, 0.1) is 17.2 Å². The van der Waals surface area contributed by atoms with Crippen LogP contribution in [0.1, 0.15) is 120 Å². The van der Waals surface area contributed by atoms with Crippen LogP contribution < -0.4 is 21.9 Å². The van der Waals surface area contributed by atoms with Crippen LogP contribution in [0.25, 0.3) is 11.1 Å². The molecule has 282 valence electrons. The lowest BCUT2D eigenvalue weighted by Crippen LogP contribution is -2.42. The van der Waals surface area contributed by atoms with Gasteiger partial charge in [-0.05, 0) is 143 Å². The van der Waals surface area contributed by atoms with Crippen molar-refractivity contribution in [3.63, 3.8) is 0 Å². The first-order valence-electron chi connectivity index (χ1n) is 19.2. The van der Waals surface area contributed by atoms with Crippen LogP contribution in [0.2, 0.25) is 0 Å². The van der Waals surface area contributed by atoms with Gasteiger partial charge in [0.15, 0.2) is 5.78 Å². The second kappa shape index (κ2) is 21.3. The lowest BCUT2D eigenvalue weighted by Gasteiger charge is -2.33. The van der Waals surface area contributed by atoms with Gasteiger partial charge in [0, 0.05) is 24.1 Å². The molecule has 1 unspecified atom stereocenters. The van der Waals surface area contributed by atoms with Crippen molar-refractivity contribution < 1.29 is 23.5 Å². The number of ketones is 1. The number of carbonyl (C=O) groups excluding carboxylic acids is 2. The van der Waals surface area contributed by atoms with Gasteiger partial charge in [-0.3, -0.25) is 4.79 Å². The lowest BCUT2D eigenvalue weighted by atomic mass is 9.77. The summed E-state index contributed by atoms with van der Waals surface area (Å²) in [6, 6.07) is 9.80. The van der Waals surface area contributed by atoms with Crippen molar-refractivity contribution in [3.05, 3.63) is 77.1 Å². The molecule has 7 nitrogen and oxygen atoms in total. The molecule has 0 aromatic heterocycles. The van der Waals surface area contributed by atoms with Crippen molar-refractivity contribution in [3.8, 4) is 16.9 Å². The zero-order valence-corrected chi connectivity index (χ0v) is 31.6. The monoisotopic (exact) mass is 705 g/mol. The molecule has 1 saturated carbocycles. The molecule has 6 N–H and O–H groups in total. The number of hydrogen-bond donors (Lipinski definition) is 3. The Kier molecular flexibility index (Phi) is 17.5. The van der Waals surface area contributed by atoms with Crippen LogP contribution >= 0.6 is 0 Å². The normalized spacial score (nSPS) is 17.1. The molecule has 1 fully saturated rings. The number of hydrogen-bond acceptors (Lipinski definition) is 7. The van der Waals surface area contributed by atoms with Crippen molar-refractivity contribution >= 4 is 11.8 Å². The minimum absolute atomic E-state index is 0.0366. The minimum Gasteiger partial charge on any atom is -0.492 e. The SMILES string of the molecule is C=C(C)C(=O)CCC(CN)(COC(=O)C(=C)C)COc1c(CCCN)cc(-c2ccc(C3CCC(CCCCC)CC3)cc2F)cc1CCCN. The lowest BCUT2D eigenvalue weighted by molar-refractivity contribution is -0.143. The van der Waals surface area contributed by atoms with Gasteiger partial charge in [-0.25, -0.2) is 9.18 Å². The van der Waals surface area contributed by atoms with Gasteiger partial charge in [0.05, 0.1) is 12.0 Å². The highest BCUT2D eigenvalue weighted by molar-refractivity contribution is 5.94. The Balaban J connectivity index is 1.94. The maximum atomic E-state index is 16.0. The van der Waals surface area contributed by atoms with Gasteiger partial charge in [-0.2, -0.15) is 0 Å². The molecule has 0 aliphatic heterocycles. The second-order valence-corrected chi connectivity index (χ2v) is 14.9. The summed E-state index contributed by atoms with van der Waals surface area (Å²) in [5.74, 6) is 1.05. The topological polar surface area (TPSA) is 131 Å². The maximum absolute atomic E-state index is 16.0. The Bertz CT molecular complexity index is 1400. The average Bonchev–Trinajstić information content (AvgIpc) is 3.13. The number of benzene rings is 2. The number of ether oxygens (including phenoxy) is 2. The third-order valence-corrected chi connectivity index (χ3v) is 10.6. The molecular weight excluding hydrogens is 641 g/mol. The molecule has 0 saturated heterocycles. The first-order valence-corrected chi connectivity index (χ1v) is 19.2. The van der Waals surface area contributed by atoms with Crippen molar-refractivity contribution in [1.82, 2.24) is 0 Å². The molecule has 2 aromatic carbocycles. The number of unbranched alkanes of at least 4 members (excludes halogenated alkanes) is 2. The Morgan fingerprint density at radius 1 is 0.882 bits per heavy atom. The molecular formula is C43H64FN3O4. The van der Waals surface area contributed by atoms with Gasteiger partial charge in [0.25, 0.3) is 0 Å². The fourth-order valence-electron chi connectivity index (χ4n) is 7.10. The molecule has 2 aromatic rings. The molecule has 1 aliphatic carbocycles. The van der Waals surface area contributed by atoms with E-state index in [1.807, 2.05) is 18.2 Å². The number of rotatable bonds is 23. The van der Waals surface area contributed by atoms with E-state index in [2.05, 4.69) is 26.1 Å². The van der Waals surface area contributed by atoms with Gasteiger partial charge in [0.2, 0.25) is 0 Å². The summed E-state index contributed by atoms with van der Waals surface area (Å²) in [6.07, 6.45) is 13.1. The average molecular weight is 706 g/mol. The molecule has 0 spiro atoms. The third kappa shape index (κ3) is 12.7. The molecule has 0 heterocycles. The molecule has 1 atom stereocenters. The van der Waals surface area contributed by atoms with Crippen LogP contribution in [0.15, 0.2) is 54.6 Å². The molecule has 0 radical (unpaired) electrons. The molecule has 8 heteroatoms. The van der Waals surface area contributed by atoms with E-state index >= 15 is 4.39 Å². The maximum Gasteiger partial charge on any atom is 0.333 e. The predicted octanol–water partition coefficient (Wildman–Crippen LogP) is 8.50. The Labute approximate surface area is 306 Å². The van der Waals surface area contributed by atoms with Crippen LogP contribution in [-0.2, 0) is 27.2 Å². The summed E-state index contributed by atoms with van der Waals surface area (Å²) < 4.78 is 28.3. The fourth-order valence-corrected chi connectivity index (χ4v) is 7.10. The number of carbonyl (C=O) groups is 2. The number of halogens is 1. The highest BCUT2D eigenvalue weighted by Gasteiger charge is 2.34. The van der Waals surface area contributed by atoms with Crippen LogP contribution in [-0.4, -0.2) is 44.6 Å². The minimum atomic E-state index is -0.845. The standard InChI is InChI=1S/C43H64FN3O4/c1-6-7-8-11-32-14-16-33(17-15-32)34-18-19-38(39(44)26-34)37-24-35(12-9-22-45)41(36(25-37)13-10-23-46)50-28-43(27-47,21-20-40(48)30(2)3)29-51-42(49)31(4)5/h18-19,24-26,32-33H,2,4,6-17,20-23,27-29,45-47H2,1,3,5H3. The van der Waals surface area contributed by atoms with Gasteiger partial charge >= 0.3 is 5.97 Å². The van der Waals surface area contributed by atoms with Crippen molar-refractivity contribution in [2.24, 2.45) is 28.5 Å². The van der Waals surface area contributed by atoms with Crippen LogP contribution in [0.5, 0.6) is 5.75 Å². The van der Waals surface area contributed by atoms with Gasteiger partial charge in [-0.1, -0.05) is 57.9 Å². The highest BCUT2D eigenvalue weighted by atomic mass is 19.1. The summed E-state index contributed by atoms with van der Waals surface area (Å²) in [5.41, 5.74) is 22.4. The summed E-state index contributed by atoms with van der Waals surface area (Å²) in [5, 5.41) is 0. The van der Waals surface area contributed by atoms with E-state index in [0.717, 1.165) is 41.0 Å². The van der Waals surface area contributed by atoms with E-state index in [1.165, 1.54) is 38.5 Å². The Hall–Kier alpha value is -3.33. The number of Topliss-reactive ketones (excluding diaryl/α,β-unsaturated/α-hetero) is 1. The third-order valence-electron chi connectivity index (χ3n) is 10.6. The number of allylic oxidation sites excluding steroid dienone is 1. The van der Waals surface area contributed by atoms with E-state index in [1.54, 1.807) is 19.9 Å². The van der Waals surface area contributed by atoms with Gasteiger partial charge < -0.3 is 26.7 Å². The fraction of sp³-hybridized carbons (Fsp3) is 0.581. The number of aryl methyl sites for hydroxylation is 2. The van der Waals surface area contributed by atoms with E-state index in [4.69, 9.17) is 26.7 Å². The second-order valence-electron chi connectivity index (χ2n) is 14.9. The molecule has 3 rings (SSSR count). The van der Waals surface area contributed by atoms with Crippen molar-refractivity contribution in [1.29, 1.82) is 0 Å². The highest BCUT2D eigenvalue weighted by Crippen LogP contribution is 2.40. The Morgan fingerprint density at radius 2 is 1.53 bits per heavy atom. The molecule has 0 amide bonds. The van der Waals surface area contributed by atoms with E-state index in [0.29, 0.717) is 68.0 Å². The largest absolute Gasteiger partial charge is 0.492 e. The first kappa shape index (κ1) is 42.1. The van der Waals surface area contributed by atoms with Gasteiger partial charge in [0.1, 0.15) is 18.2 Å². The smallest absolute Gasteiger partial charge is 0.333 e. The number of nitrogens with two attached hydrogens (primary N) is 3.